The number of carboxylic acids is 1. The van der Waals surface area contributed by atoms with Crippen LogP contribution in [0.3, 0.4) is 0 Å². The van der Waals surface area contributed by atoms with Crippen molar-refractivity contribution >= 4 is 33.6 Å². The summed E-state index contributed by atoms with van der Waals surface area (Å²) in [7, 11) is 1.89. The molecule has 4 aliphatic rings. The van der Waals surface area contributed by atoms with Crippen LogP contribution in [0.5, 0.6) is 0 Å². The third-order valence-corrected chi connectivity index (χ3v) is 8.53. The molecule has 36 heavy (non-hydrogen) atoms. The van der Waals surface area contributed by atoms with Crippen LogP contribution in [0.15, 0.2) is 54.9 Å². The fourth-order valence-corrected chi connectivity index (χ4v) is 6.72. The molecule has 4 fully saturated rings. The molecule has 0 spiro atoms. The lowest BCUT2D eigenvalue weighted by atomic mass is 10.0. The molecular formula is C27H21FN6O2. The van der Waals surface area contributed by atoms with Gasteiger partial charge in [0.2, 0.25) is 0 Å². The lowest BCUT2D eigenvalue weighted by molar-refractivity contribution is -0.141. The number of fused-ring (bicyclic) bond motifs is 3. The van der Waals surface area contributed by atoms with E-state index in [1.165, 1.54) is 6.07 Å². The standard InChI is InChI=1S/C27H21FN6O2/c1-13-19(28)8-7-16-23(15-4-3-5-20-17(15)11-32(2)30-20)31-34(24(13)16)14-6-9-21(29-10-14)33-12-18-22-25(33)27(18,22)26(35)36/h3-11,18,22,25H,12H2,1-2H3,(H,35,36). The van der Waals surface area contributed by atoms with Crippen molar-refractivity contribution in [2.24, 2.45) is 24.3 Å². The maximum atomic E-state index is 14.7. The lowest BCUT2D eigenvalue weighted by Gasteiger charge is -2.17. The number of carboxylic acid groups (broad SMARTS) is 1. The third-order valence-electron chi connectivity index (χ3n) is 8.53. The Hall–Kier alpha value is -4.27. The van der Waals surface area contributed by atoms with Gasteiger partial charge in [0.05, 0.1) is 34.4 Å². The molecule has 9 rings (SSSR count). The minimum atomic E-state index is -0.682. The topological polar surface area (TPSA) is 89.1 Å². The first-order valence-corrected chi connectivity index (χ1v) is 12.0. The molecule has 2 aliphatic heterocycles. The van der Waals surface area contributed by atoms with Crippen molar-refractivity contribution in [2.75, 3.05) is 11.4 Å². The van der Waals surface area contributed by atoms with Crippen LogP contribution in [0, 0.1) is 30.0 Å². The first kappa shape index (κ1) is 20.0. The Morgan fingerprint density at radius 1 is 1.14 bits per heavy atom. The van der Waals surface area contributed by atoms with Crippen LogP contribution in [0.4, 0.5) is 10.2 Å². The van der Waals surface area contributed by atoms with E-state index < -0.39 is 11.4 Å². The fourth-order valence-electron chi connectivity index (χ4n) is 6.72. The van der Waals surface area contributed by atoms with E-state index in [2.05, 4.69) is 15.0 Å². The highest BCUT2D eigenvalue weighted by molar-refractivity contribution is 6.03. The van der Waals surface area contributed by atoms with Crippen molar-refractivity contribution in [2.45, 2.75) is 13.0 Å². The van der Waals surface area contributed by atoms with Crippen LogP contribution in [0.1, 0.15) is 5.56 Å². The van der Waals surface area contributed by atoms with Crippen LogP contribution >= 0.6 is 0 Å². The number of rotatable bonds is 4. The summed E-state index contributed by atoms with van der Waals surface area (Å²) in [4.78, 5) is 18.5. The number of carbonyl (C=O) groups is 1. The predicted octanol–water partition coefficient (Wildman–Crippen LogP) is 3.94. The maximum Gasteiger partial charge on any atom is 0.312 e. The molecule has 1 N–H and O–H groups in total. The average molecular weight is 481 g/mol. The molecular weight excluding hydrogens is 459 g/mol. The summed E-state index contributed by atoms with van der Waals surface area (Å²) in [5, 5.41) is 20.9. The zero-order valence-electron chi connectivity index (χ0n) is 19.6. The number of aliphatic carboxylic acids is 1. The van der Waals surface area contributed by atoms with Crippen LogP contribution in [-0.2, 0) is 11.8 Å². The van der Waals surface area contributed by atoms with Gasteiger partial charge in [0, 0.05) is 53.5 Å². The van der Waals surface area contributed by atoms with Gasteiger partial charge >= 0.3 is 5.97 Å². The van der Waals surface area contributed by atoms with Gasteiger partial charge in [0.1, 0.15) is 17.3 Å². The van der Waals surface area contributed by atoms with Gasteiger partial charge in [-0.2, -0.15) is 10.2 Å². The van der Waals surface area contributed by atoms with Crippen LogP contribution in [-0.4, -0.2) is 48.2 Å². The van der Waals surface area contributed by atoms with E-state index in [1.54, 1.807) is 28.6 Å². The second kappa shape index (κ2) is 6.29. The second-order valence-electron chi connectivity index (χ2n) is 10.2. The van der Waals surface area contributed by atoms with E-state index in [1.807, 2.05) is 43.6 Å². The Morgan fingerprint density at radius 3 is 2.72 bits per heavy atom. The molecule has 3 aromatic heterocycles. The van der Waals surface area contributed by atoms with Gasteiger partial charge in [0.25, 0.3) is 0 Å². The number of hydrogen-bond donors (Lipinski definition) is 1. The molecule has 0 amide bonds. The van der Waals surface area contributed by atoms with Gasteiger partial charge in [-0.3, -0.25) is 9.48 Å². The summed E-state index contributed by atoms with van der Waals surface area (Å²) in [5.74, 6) is 0.322. The maximum absolute atomic E-state index is 14.7. The summed E-state index contributed by atoms with van der Waals surface area (Å²) in [6.45, 7) is 2.50. The highest BCUT2D eigenvalue weighted by atomic mass is 19.1. The minimum absolute atomic E-state index is 0.0618. The van der Waals surface area contributed by atoms with E-state index >= 15 is 0 Å². The molecule has 2 aromatic carbocycles. The molecule has 178 valence electrons. The summed E-state index contributed by atoms with van der Waals surface area (Å²) < 4.78 is 18.2. The van der Waals surface area contributed by atoms with Crippen LogP contribution in [0.2, 0.25) is 0 Å². The molecule has 2 aliphatic carbocycles. The number of nitrogens with zero attached hydrogens (tertiary/aromatic N) is 6. The molecule has 4 atom stereocenters. The summed E-state index contributed by atoms with van der Waals surface area (Å²) in [5.41, 5.74) is 3.94. The molecule has 2 saturated heterocycles. The van der Waals surface area contributed by atoms with Crippen molar-refractivity contribution in [1.82, 2.24) is 24.5 Å². The summed E-state index contributed by atoms with van der Waals surface area (Å²) >= 11 is 0. The molecule has 4 unspecified atom stereocenters. The van der Waals surface area contributed by atoms with Crippen molar-refractivity contribution in [3.8, 4) is 16.9 Å². The number of aryl methyl sites for hydroxylation is 2. The van der Waals surface area contributed by atoms with Gasteiger partial charge in [-0.05, 0) is 37.3 Å². The van der Waals surface area contributed by atoms with E-state index in [4.69, 9.17) is 5.10 Å². The van der Waals surface area contributed by atoms with Gasteiger partial charge in [0.15, 0.2) is 0 Å². The first-order valence-electron chi connectivity index (χ1n) is 12.0. The highest BCUT2D eigenvalue weighted by Gasteiger charge is 2.96. The molecule has 5 heterocycles. The van der Waals surface area contributed by atoms with Gasteiger partial charge in [-0.15, -0.1) is 0 Å². The highest BCUT2D eigenvalue weighted by Crippen LogP contribution is 2.85. The fraction of sp³-hybridized carbons (Fsp3) is 0.259. The lowest BCUT2D eigenvalue weighted by Crippen LogP contribution is -2.25. The Morgan fingerprint density at radius 2 is 2.00 bits per heavy atom. The number of piperidine rings is 1. The molecule has 5 aromatic rings. The predicted molar refractivity (Wildman–Crippen MR) is 131 cm³/mol. The van der Waals surface area contributed by atoms with E-state index in [-0.39, 0.29) is 23.7 Å². The number of benzene rings is 2. The number of hydrogen-bond acceptors (Lipinski definition) is 5. The zero-order chi connectivity index (χ0) is 24.5. The van der Waals surface area contributed by atoms with E-state index in [0.717, 1.165) is 39.9 Å². The summed E-state index contributed by atoms with van der Waals surface area (Å²) in [6.07, 6.45) is 3.70. The number of pyridine rings is 1. The monoisotopic (exact) mass is 480 g/mol. The SMILES string of the molecule is Cc1c(F)ccc2c(-c3cccc4nn(C)cc34)nn(-c3ccc(N4CC5C6C4C56C(=O)O)nc3)c12. The average Bonchev–Trinajstić information content (AvgIpc) is 3.33. The van der Waals surface area contributed by atoms with E-state index in [9.17, 15) is 14.3 Å². The normalized spacial score (nSPS) is 25.5. The number of anilines is 1. The zero-order valence-corrected chi connectivity index (χ0v) is 19.6. The Kier molecular flexibility index (Phi) is 3.49. The Labute approximate surface area is 204 Å². The molecule has 2 bridgehead atoms. The molecule has 2 saturated carbocycles. The molecule has 9 heteroatoms. The molecule has 8 nitrogen and oxygen atoms in total. The van der Waals surface area contributed by atoms with Crippen molar-refractivity contribution < 1.29 is 14.3 Å². The van der Waals surface area contributed by atoms with Crippen molar-refractivity contribution in [3.63, 3.8) is 0 Å². The second-order valence-corrected chi connectivity index (χ2v) is 10.2. The van der Waals surface area contributed by atoms with Crippen molar-refractivity contribution in [1.29, 1.82) is 0 Å². The third kappa shape index (κ3) is 2.24. The smallest absolute Gasteiger partial charge is 0.312 e. The first-order chi connectivity index (χ1) is 17.4. The number of halogens is 1. The Balaban J connectivity index is 1.25. The van der Waals surface area contributed by atoms with Gasteiger partial charge in [-0.1, -0.05) is 12.1 Å². The van der Waals surface area contributed by atoms with E-state index in [0.29, 0.717) is 16.8 Å². The van der Waals surface area contributed by atoms with Crippen molar-refractivity contribution in [3.05, 3.63) is 66.2 Å². The summed E-state index contributed by atoms with van der Waals surface area (Å²) in [6, 6.07) is 13.1. The largest absolute Gasteiger partial charge is 0.481 e. The Bertz CT molecular complexity index is 1770. The quantitative estimate of drug-likeness (QED) is 0.419. The van der Waals surface area contributed by atoms with Gasteiger partial charge in [-0.25, -0.2) is 14.1 Å². The number of aromatic nitrogens is 5. The van der Waals surface area contributed by atoms with Crippen LogP contribution in [0.25, 0.3) is 38.8 Å². The van der Waals surface area contributed by atoms with Crippen LogP contribution < -0.4 is 4.90 Å². The molecule has 0 radical (unpaired) electrons. The minimum Gasteiger partial charge on any atom is -0.481 e. The van der Waals surface area contributed by atoms with Gasteiger partial charge < -0.3 is 10.0 Å².